The van der Waals surface area contributed by atoms with E-state index in [0.29, 0.717) is 35.5 Å². The zero-order valence-electron chi connectivity index (χ0n) is 43.6. The normalized spacial score (nSPS) is 14.1. The van der Waals surface area contributed by atoms with Crippen molar-refractivity contribution < 1.29 is 0 Å². The average Bonchev–Trinajstić information content (AvgIpc) is 3.40. The maximum absolute atomic E-state index is 5.73. The fraction of sp³-hybridized carbons (Fsp3) is 0.387. The van der Waals surface area contributed by atoms with E-state index in [9.17, 15) is 0 Å². The number of rotatable bonds is 21. The Labute approximate surface area is 415 Å². The minimum atomic E-state index is 0.391. The van der Waals surface area contributed by atoms with Crippen molar-refractivity contribution in [3.63, 3.8) is 0 Å². The molecule has 0 bridgehead atoms. The number of anilines is 9. The number of hydrogen-bond acceptors (Lipinski definition) is 7. The van der Waals surface area contributed by atoms with Crippen LogP contribution in [0.15, 0.2) is 140 Å². The second-order valence-electron chi connectivity index (χ2n) is 19.5. The van der Waals surface area contributed by atoms with Gasteiger partial charge in [0.2, 0.25) is 0 Å². The van der Waals surface area contributed by atoms with Crippen LogP contribution in [0.3, 0.4) is 0 Å². The Hall–Kier alpha value is -6.34. The third-order valence-electron chi connectivity index (χ3n) is 15.0. The topological polar surface area (TPSA) is 61.3 Å². The van der Waals surface area contributed by atoms with Crippen molar-refractivity contribution in [2.45, 2.75) is 157 Å². The van der Waals surface area contributed by atoms with Crippen LogP contribution in [0.5, 0.6) is 0 Å². The first-order chi connectivity index (χ1) is 33.4. The van der Waals surface area contributed by atoms with Crippen molar-refractivity contribution in [3.05, 3.63) is 173 Å². The van der Waals surface area contributed by atoms with E-state index in [1.807, 2.05) is 12.4 Å². The molecule has 4 heterocycles. The van der Waals surface area contributed by atoms with Gasteiger partial charge in [0.25, 0.3) is 0 Å². The molecular weight excluding hydrogens is 843 g/mol. The number of pyridine rings is 4. The first-order valence-electron chi connectivity index (χ1n) is 26.0. The van der Waals surface area contributed by atoms with Crippen LogP contribution < -0.4 is 14.7 Å². The quantitative estimate of drug-likeness (QED) is 0.0711. The Morgan fingerprint density at radius 2 is 0.536 bits per heavy atom. The van der Waals surface area contributed by atoms with E-state index in [1.54, 1.807) is 0 Å². The Morgan fingerprint density at radius 3 is 0.797 bits per heavy atom. The highest BCUT2D eigenvalue weighted by Gasteiger charge is 2.26. The van der Waals surface area contributed by atoms with E-state index >= 15 is 0 Å². The molecule has 7 rings (SSSR count). The second kappa shape index (κ2) is 23.3. The summed E-state index contributed by atoms with van der Waals surface area (Å²) in [5, 5.41) is 0. The maximum Gasteiger partial charge on any atom is 0.143 e. The van der Waals surface area contributed by atoms with Crippen LogP contribution in [-0.2, 0) is 0 Å². The van der Waals surface area contributed by atoms with Crippen LogP contribution in [-0.4, -0.2) is 19.9 Å². The monoisotopic (exact) mass is 920 g/mol. The Morgan fingerprint density at radius 1 is 0.290 bits per heavy atom. The fourth-order valence-electron chi connectivity index (χ4n) is 8.76. The first-order valence-corrected chi connectivity index (χ1v) is 26.0. The van der Waals surface area contributed by atoms with Gasteiger partial charge in [0, 0.05) is 47.8 Å². The van der Waals surface area contributed by atoms with Gasteiger partial charge in [-0.3, -0.25) is 14.7 Å². The molecule has 6 unspecified atom stereocenters. The van der Waals surface area contributed by atoms with Gasteiger partial charge in [-0.25, -0.2) is 19.9 Å². The van der Waals surface area contributed by atoms with E-state index in [1.165, 1.54) is 33.4 Å². The van der Waals surface area contributed by atoms with Crippen molar-refractivity contribution >= 4 is 51.8 Å². The summed E-state index contributed by atoms with van der Waals surface area (Å²) in [6.07, 6.45) is 12.4. The molecule has 7 aromatic rings. The molecular formula is C62H77N7. The molecule has 4 aromatic heterocycles. The van der Waals surface area contributed by atoms with E-state index < -0.39 is 0 Å². The fourth-order valence-corrected chi connectivity index (χ4v) is 8.76. The van der Waals surface area contributed by atoms with E-state index in [-0.39, 0.29) is 0 Å². The van der Waals surface area contributed by atoms with Crippen molar-refractivity contribution in [1.82, 2.24) is 19.9 Å². The molecule has 69 heavy (non-hydrogen) atoms. The van der Waals surface area contributed by atoms with Crippen LogP contribution in [0, 0.1) is 0 Å². The molecule has 3 aromatic carbocycles. The van der Waals surface area contributed by atoms with Gasteiger partial charge in [-0.2, -0.15) is 0 Å². The van der Waals surface area contributed by atoms with E-state index in [4.69, 9.17) is 19.9 Å². The van der Waals surface area contributed by atoms with Crippen LogP contribution in [0.2, 0.25) is 0 Å². The smallest absolute Gasteiger partial charge is 0.143 e. The second-order valence-corrected chi connectivity index (χ2v) is 19.5. The molecule has 0 N–H and O–H groups in total. The molecule has 7 nitrogen and oxygen atoms in total. The van der Waals surface area contributed by atoms with E-state index in [0.717, 1.165) is 90.4 Å². The molecule has 7 heteroatoms. The molecule has 0 radical (unpaired) electrons. The number of benzene rings is 3. The van der Waals surface area contributed by atoms with Gasteiger partial charge in [-0.1, -0.05) is 138 Å². The summed E-state index contributed by atoms with van der Waals surface area (Å²) >= 11 is 0. The molecule has 0 saturated carbocycles. The SMILES string of the molecule is CCC(C)c1ccc(N(c2cc(N(c3ccc(C(C)CC)cc3)c3ccc(C(C)CC)cn3)nc(N(c3ccc(C(C)CC)cc3)c3ccc(C(C)CC)cn3)c2)c2ccc(C(C)CC)cn2)cc1. The lowest BCUT2D eigenvalue weighted by atomic mass is 9.98. The summed E-state index contributed by atoms with van der Waals surface area (Å²) in [6.45, 7) is 27.1. The van der Waals surface area contributed by atoms with Gasteiger partial charge in [0.15, 0.2) is 0 Å². The summed E-state index contributed by atoms with van der Waals surface area (Å²) in [5.74, 6) is 6.33. The van der Waals surface area contributed by atoms with Crippen molar-refractivity contribution in [1.29, 1.82) is 0 Å². The van der Waals surface area contributed by atoms with Gasteiger partial charge in [0.05, 0.1) is 5.69 Å². The van der Waals surface area contributed by atoms with Gasteiger partial charge in [0.1, 0.15) is 29.1 Å². The third kappa shape index (κ3) is 11.6. The standard InChI is InChI=1S/C62H77N7/c1-13-42(7)48-19-28-54(29-20-48)67(58-34-25-51(39-63-58)45(10)16-4)57-37-61(68(55-30-21-49(22-31-55)43(8)14-2)59-35-26-52(40-64-59)46(11)17-5)66-62(38-57)69(56-32-23-50(24-33-56)44(9)15-3)60-36-27-53(41-65-60)47(12)18-6/h19-47H,13-18H2,1-12H3. The molecule has 360 valence electrons. The van der Waals surface area contributed by atoms with Crippen molar-refractivity contribution in [2.24, 2.45) is 0 Å². The molecule has 0 aliphatic heterocycles. The van der Waals surface area contributed by atoms with Gasteiger partial charge in [-0.05, 0) is 162 Å². The van der Waals surface area contributed by atoms with Crippen LogP contribution in [0.1, 0.15) is 190 Å². The van der Waals surface area contributed by atoms with Crippen LogP contribution in [0.25, 0.3) is 0 Å². The molecule has 0 aliphatic carbocycles. The lowest BCUT2D eigenvalue weighted by Crippen LogP contribution is -2.20. The predicted molar refractivity (Wildman–Crippen MR) is 294 cm³/mol. The van der Waals surface area contributed by atoms with Gasteiger partial charge in [-0.15, -0.1) is 0 Å². The lowest BCUT2D eigenvalue weighted by Gasteiger charge is -2.31. The number of hydrogen-bond donors (Lipinski definition) is 0. The van der Waals surface area contributed by atoms with Crippen molar-refractivity contribution in [3.8, 4) is 0 Å². The highest BCUT2D eigenvalue weighted by molar-refractivity contribution is 5.84. The van der Waals surface area contributed by atoms with Gasteiger partial charge >= 0.3 is 0 Å². The Kier molecular flexibility index (Phi) is 17.1. The molecule has 0 aliphatic rings. The minimum absolute atomic E-state index is 0.391. The zero-order chi connectivity index (χ0) is 49.2. The van der Waals surface area contributed by atoms with Gasteiger partial charge < -0.3 is 0 Å². The summed E-state index contributed by atoms with van der Waals surface area (Å²) in [5.41, 5.74) is 11.5. The Balaban J connectivity index is 1.55. The summed E-state index contributed by atoms with van der Waals surface area (Å²) < 4.78 is 0. The lowest BCUT2D eigenvalue weighted by molar-refractivity contribution is 0.729. The highest BCUT2D eigenvalue weighted by Crippen LogP contribution is 2.44. The maximum atomic E-state index is 5.73. The van der Waals surface area contributed by atoms with E-state index in [2.05, 4.69) is 225 Å². The Bertz CT molecular complexity index is 2190. The average molecular weight is 920 g/mol. The zero-order valence-corrected chi connectivity index (χ0v) is 43.6. The largest absolute Gasteiger partial charge is 0.295 e. The summed E-state index contributed by atoms with van der Waals surface area (Å²) in [6, 6.07) is 44.5. The summed E-state index contributed by atoms with van der Waals surface area (Å²) in [7, 11) is 0. The third-order valence-corrected chi connectivity index (χ3v) is 15.0. The number of nitrogens with zero attached hydrogens (tertiary/aromatic N) is 7. The molecule has 0 saturated heterocycles. The van der Waals surface area contributed by atoms with Crippen LogP contribution >= 0.6 is 0 Å². The predicted octanol–water partition coefficient (Wildman–Crippen LogP) is 18.8. The highest BCUT2D eigenvalue weighted by atomic mass is 15.3. The summed E-state index contributed by atoms with van der Waals surface area (Å²) in [4.78, 5) is 28.1. The molecule has 0 fully saturated rings. The molecule has 6 atom stereocenters. The first kappa shape index (κ1) is 50.5. The van der Waals surface area contributed by atoms with Crippen LogP contribution in [0.4, 0.5) is 51.8 Å². The molecule has 0 amide bonds. The molecule has 0 spiro atoms. The minimum Gasteiger partial charge on any atom is -0.295 e. The number of aromatic nitrogens is 4. The van der Waals surface area contributed by atoms with Crippen molar-refractivity contribution in [2.75, 3.05) is 14.7 Å².